The first kappa shape index (κ1) is 15.1. The molecule has 19 heavy (non-hydrogen) atoms. The number of alkyl halides is 3. The second-order valence-corrected chi connectivity index (χ2v) is 3.76. The van der Waals surface area contributed by atoms with E-state index in [1.54, 1.807) is 0 Å². The van der Waals surface area contributed by atoms with Gasteiger partial charge in [-0.25, -0.2) is 0 Å². The minimum Gasteiger partial charge on any atom is -0.497 e. The van der Waals surface area contributed by atoms with Crippen molar-refractivity contribution in [2.45, 2.75) is 12.3 Å². The quantitative estimate of drug-likeness (QED) is 0.715. The molecule has 1 rings (SSSR count). The van der Waals surface area contributed by atoms with Crippen LogP contribution >= 0.6 is 0 Å². The number of hydrogen-bond donors (Lipinski definition) is 3. The molecule has 0 aliphatic rings. The number of rotatable bonds is 4. The molecule has 0 heterocycles. The zero-order valence-electron chi connectivity index (χ0n) is 9.99. The second kappa shape index (κ2) is 5.79. The van der Waals surface area contributed by atoms with Crippen molar-refractivity contribution in [2.24, 2.45) is 0 Å². The summed E-state index contributed by atoms with van der Waals surface area (Å²) in [6.45, 7) is -0.931. The zero-order chi connectivity index (χ0) is 14.6. The van der Waals surface area contributed by atoms with Crippen LogP contribution < -0.4 is 15.8 Å². The van der Waals surface area contributed by atoms with Gasteiger partial charge in [0.1, 0.15) is 5.75 Å². The van der Waals surface area contributed by atoms with Crippen molar-refractivity contribution >= 4 is 11.6 Å². The third kappa shape index (κ3) is 4.32. The molecule has 106 valence electrons. The maximum absolute atomic E-state index is 12.0. The zero-order valence-corrected chi connectivity index (χ0v) is 9.99. The lowest BCUT2D eigenvalue weighted by atomic mass is 10.1. The minimum absolute atomic E-state index is 0.0474. The van der Waals surface area contributed by atoms with Crippen LogP contribution in [0.1, 0.15) is 10.4 Å². The summed E-state index contributed by atoms with van der Waals surface area (Å²) < 4.78 is 41.0. The molecule has 0 saturated heterocycles. The standard InChI is InChI=1S/C11H13F3N2O3/c1-19-8-3-6(2-7(15)4-8)10(18)16-5-9(17)11(12,13)14/h2-4,9,17H,5,15H2,1H3,(H,16,18). The normalized spacial score (nSPS) is 12.9. The van der Waals surface area contributed by atoms with Crippen molar-refractivity contribution in [3.8, 4) is 5.75 Å². The SMILES string of the molecule is COc1cc(N)cc(C(=O)NCC(O)C(F)(F)F)c1. The Balaban J connectivity index is 2.71. The molecular formula is C11H13F3N2O3. The van der Waals surface area contributed by atoms with Gasteiger partial charge in [0.05, 0.1) is 13.7 Å². The fourth-order valence-electron chi connectivity index (χ4n) is 1.28. The number of methoxy groups -OCH3 is 1. The smallest absolute Gasteiger partial charge is 0.416 e. The van der Waals surface area contributed by atoms with Gasteiger partial charge in [-0.15, -0.1) is 0 Å². The predicted octanol–water partition coefficient (Wildman–Crippen LogP) is 0.930. The molecule has 1 aromatic carbocycles. The molecule has 0 radical (unpaired) electrons. The average Bonchev–Trinajstić information content (AvgIpc) is 2.33. The molecule has 5 nitrogen and oxygen atoms in total. The van der Waals surface area contributed by atoms with Crippen molar-refractivity contribution in [2.75, 3.05) is 19.4 Å². The number of anilines is 1. The number of nitrogens with one attached hydrogen (secondary N) is 1. The van der Waals surface area contributed by atoms with Crippen LogP contribution in [0.4, 0.5) is 18.9 Å². The van der Waals surface area contributed by atoms with Crippen molar-refractivity contribution in [1.29, 1.82) is 0 Å². The third-order valence-electron chi connectivity index (χ3n) is 2.26. The highest BCUT2D eigenvalue weighted by Crippen LogP contribution is 2.20. The molecular weight excluding hydrogens is 265 g/mol. The Labute approximate surface area is 107 Å². The van der Waals surface area contributed by atoms with Gasteiger partial charge in [-0.1, -0.05) is 0 Å². The van der Waals surface area contributed by atoms with Gasteiger partial charge in [0.15, 0.2) is 6.10 Å². The fraction of sp³-hybridized carbons (Fsp3) is 0.364. The van der Waals surface area contributed by atoms with Gasteiger partial charge in [-0.05, 0) is 12.1 Å². The van der Waals surface area contributed by atoms with Gasteiger partial charge < -0.3 is 20.9 Å². The Hall–Kier alpha value is -1.96. The van der Waals surface area contributed by atoms with Gasteiger partial charge in [0.2, 0.25) is 0 Å². The van der Waals surface area contributed by atoms with Gasteiger partial charge >= 0.3 is 6.18 Å². The van der Waals surface area contributed by atoms with E-state index >= 15 is 0 Å². The predicted molar refractivity (Wildman–Crippen MR) is 61.8 cm³/mol. The van der Waals surface area contributed by atoms with Crippen molar-refractivity contribution in [3.05, 3.63) is 23.8 Å². The highest BCUT2D eigenvalue weighted by Gasteiger charge is 2.38. The van der Waals surface area contributed by atoms with Crippen LogP contribution in [0.2, 0.25) is 0 Å². The maximum atomic E-state index is 12.0. The van der Waals surface area contributed by atoms with Crippen LogP contribution in [0, 0.1) is 0 Å². The number of aliphatic hydroxyl groups excluding tert-OH is 1. The minimum atomic E-state index is -4.78. The number of aliphatic hydroxyl groups is 1. The average molecular weight is 278 g/mol. The van der Waals surface area contributed by atoms with E-state index in [0.29, 0.717) is 5.75 Å². The van der Waals surface area contributed by atoms with Gasteiger partial charge in [-0.3, -0.25) is 4.79 Å². The van der Waals surface area contributed by atoms with Crippen molar-refractivity contribution in [3.63, 3.8) is 0 Å². The summed E-state index contributed by atoms with van der Waals surface area (Å²) in [6.07, 6.45) is -7.39. The molecule has 0 bridgehead atoms. The van der Waals surface area contributed by atoms with E-state index in [1.807, 2.05) is 5.32 Å². The molecule has 0 aromatic heterocycles. The Morgan fingerprint density at radius 1 is 1.47 bits per heavy atom. The number of halogens is 3. The number of nitrogens with two attached hydrogens (primary N) is 1. The van der Waals surface area contributed by atoms with Gasteiger partial charge in [0.25, 0.3) is 5.91 Å². The summed E-state index contributed by atoms with van der Waals surface area (Å²) in [6, 6.07) is 4.07. The second-order valence-electron chi connectivity index (χ2n) is 3.76. The number of amides is 1. The van der Waals surface area contributed by atoms with E-state index < -0.39 is 24.7 Å². The summed E-state index contributed by atoms with van der Waals surface area (Å²) in [4.78, 5) is 11.6. The molecule has 1 atom stereocenters. The van der Waals surface area contributed by atoms with Gasteiger partial charge in [-0.2, -0.15) is 13.2 Å². The van der Waals surface area contributed by atoms with Crippen LogP contribution in [0.15, 0.2) is 18.2 Å². The first-order chi connectivity index (χ1) is 8.74. The Morgan fingerprint density at radius 2 is 2.11 bits per heavy atom. The summed E-state index contributed by atoms with van der Waals surface area (Å²) in [5, 5.41) is 10.7. The van der Waals surface area contributed by atoms with Crippen LogP contribution in [-0.4, -0.2) is 36.9 Å². The van der Waals surface area contributed by atoms with Crippen LogP contribution in [0.3, 0.4) is 0 Å². The summed E-state index contributed by atoms with van der Waals surface area (Å²) >= 11 is 0. The van der Waals surface area contributed by atoms with Gasteiger partial charge in [0, 0.05) is 17.3 Å². The molecule has 1 unspecified atom stereocenters. The lowest BCUT2D eigenvalue weighted by Crippen LogP contribution is -2.40. The summed E-state index contributed by atoms with van der Waals surface area (Å²) in [5.41, 5.74) is 5.79. The van der Waals surface area contributed by atoms with E-state index in [-0.39, 0.29) is 11.3 Å². The first-order valence-corrected chi connectivity index (χ1v) is 5.21. The summed E-state index contributed by atoms with van der Waals surface area (Å²) in [5.74, 6) is -0.476. The molecule has 1 aromatic rings. The molecule has 0 aliphatic carbocycles. The molecule has 0 aliphatic heterocycles. The fourth-order valence-corrected chi connectivity index (χ4v) is 1.28. The number of nitrogen functional groups attached to an aromatic ring is 1. The Kier molecular flexibility index (Phi) is 4.60. The highest BCUT2D eigenvalue weighted by atomic mass is 19.4. The number of hydrogen-bond acceptors (Lipinski definition) is 4. The van der Waals surface area contributed by atoms with Crippen LogP contribution in [-0.2, 0) is 0 Å². The van der Waals surface area contributed by atoms with E-state index in [0.717, 1.165) is 0 Å². The Bertz CT molecular complexity index is 463. The monoisotopic (exact) mass is 278 g/mol. The maximum Gasteiger partial charge on any atom is 0.416 e. The molecule has 0 spiro atoms. The van der Waals surface area contributed by atoms with Crippen LogP contribution in [0.5, 0.6) is 5.75 Å². The highest BCUT2D eigenvalue weighted by molar-refractivity contribution is 5.95. The first-order valence-electron chi connectivity index (χ1n) is 5.21. The Morgan fingerprint density at radius 3 is 2.63 bits per heavy atom. The molecule has 0 fully saturated rings. The largest absolute Gasteiger partial charge is 0.497 e. The third-order valence-corrected chi connectivity index (χ3v) is 2.26. The molecule has 0 saturated carbocycles. The van der Waals surface area contributed by atoms with E-state index in [1.165, 1.54) is 25.3 Å². The lowest BCUT2D eigenvalue weighted by Gasteiger charge is -2.15. The van der Waals surface area contributed by atoms with E-state index in [9.17, 15) is 18.0 Å². The lowest BCUT2D eigenvalue weighted by molar-refractivity contribution is -0.201. The summed E-state index contributed by atoms with van der Waals surface area (Å²) in [7, 11) is 1.36. The van der Waals surface area contributed by atoms with E-state index in [2.05, 4.69) is 0 Å². The number of ether oxygens (including phenoxy) is 1. The van der Waals surface area contributed by atoms with E-state index in [4.69, 9.17) is 15.6 Å². The van der Waals surface area contributed by atoms with Crippen molar-refractivity contribution in [1.82, 2.24) is 5.32 Å². The molecule has 1 amide bonds. The number of carbonyl (C=O) groups is 1. The number of benzene rings is 1. The number of carbonyl (C=O) groups excluding carboxylic acids is 1. The van der Waals surface area contributed by atoms with Crippen LogP contribution in [0.25, 0.3) is 0 Å². The molecule has 8 heteroatoms. The molecule has 4 N–H and O–H groups in total. The van der Waals surface area contributed by atoms with Crippen molar-refractivity contribution < 1.29 is 27.8 Å². The topological polar surface area (TPSA) is 84.6 Å².